The molecule has 0 aliphatic carbocycles. The molecule has 0 bridgehead atoms. The van der Waals surface area contributed by atoms with Gasteiger partial charge in [-0.05, 0) is 43.5 Å². The fourth-order valence-electron chi connectivity index (χ4n) is 2.67. The second-order valence-electron chi connectivity index (χ2n) is 5.77. The van der Waals surface area contributed by atoms with Gasteiger partial charge in [-0.15, -0.1) is 24.0 Å². The first-order chi connectivity index (χ1) is 12.0. The van der Waals surface area contributed by atoms with Crippen molar-refractivity contribution in [3.8, 4) is 0 Å². The fraction of sp³-hybridized carbons (Fsp3) is 0.529. The van der Waals surface area contributed by atoms with Crippen LogP contribution in [-0.2, 0) is 11.3 Å². The maximum atomic E-state index is 13.3. The maximum absolute atomic E-state index is 13.3. The number of likely N-dealkylation sites (tertiary alicyclic amines) is 1. The van der Waals surface area contributed by atoms with Crippen LogP contribution >= 0.6 is 39.9 Å². The molecule has 6 nitrogen and oxygen atoms in total. The topological polar surface area (TPSA) is 66.0 Å². The molecule has 9 heteroatoms. The molecule has 1 amide bonds. The lowest BCUT2D eigenvalue weighted by Crippen LogP contribution is -2.49. The Morgan fingerprint density at radius 1 is 1.42 bits per heavy atom. The molecule has 1 aromatic carbocycles. The van der Waals surface area contributed by atoms with Gasteiger partial charge in [-0.25, -0.2) is 9.18 Å². The smallest absolute Gasteiger partial charge is 0.409 e. The molecule has 0 spiro atoms. The zero-order valence-electron chi connectivity index (χ0n) is 14.9. The Hall–Kier alpha value is -1.10. The van der Waals surface area contributed by atoms with E-state index in [9.17, 15) is 9.18 Å². The maximum Gasteiger partial charge on any atom is 0.409 e. The van der Waals surface area contributed by atoms with Crippen molar-refractivity contribution in [1.82, 2.24) is 15.5 Å². The zero-order valence-corrected chi connectivity index (χ0v) is 18.8. The average molecular weight is 543 g/mol. The SMILES string of the molecule is CCOC(=O)N1CCC(NC(=NC)NCc2cc(F)ccc2Br)CC1.I. The summed E-state index contributed by atoms with van der Waals surface area (Å²) in [5, 5.41) is 6.54. The summed E-state index contributed by atoms with van der Waals surface area (Å²) in [4.78, 5) is 17.7. The van der Waals surface area contributed by atoms with Gasteiger partial charge in [0.25, 0.3) is 0 Å². The van der Waals surface area contributed by atoms with Gasteiger partial charge in [0.2, 0.25) is 0 Å². The van der Waals surface area contributed by atoms with E-state index in [1.165, 1.54) is 12.1 Å². The van der Waals surface area contributed by atoms with Crippen LogP contribution < -0.4 is 10.6 Å². The largest absolute Gasteiger partial charge is 0.450 e. The molecule has 2 rings (SSSR count). The monoisotopic (exact) mass is 542 g/mol. The lowest BCUT2D eigenvalue weighted by molar-refractivity contribution is 0.0963. The predicted molar refractivity (Wildman–Crippen MR) is 114 cm³/mol. The summed E-state index contributed by atoms with van der Waals surface area (Å²) in [5.74, 6) is 0.389. The third kappa shape index (κ3) is 6.90. The minimum absolute atomic E-state index is 0. The number of guanidine groups is 1. The van der Waals surface area contributed by atoms with Crippen LogP contribution in [0.25, 0.3) is 0 Å². The van der Waals surface area contributed by atoms with E-state index in [2.05, 4.69) is 31.6 Å². The van der Waals surface area contributed by atoms with Crippen LogP contribution in [0.5, 0.6) is 0 Å². The molecule has 0 aromatic heterocycles. The van der Waals surface area contributed by atoms with Gasteiger partial charge in [0.1, 0.15) is 5.82 Å². The number of hydrogen-bond donors (Lipinski definition) is 2. The lowest BCUT2D eigenvalue weighted by Gasteiger charge is -2.32. The van der Waals surface area contributed by atoms with Crippen molar-refractivity contribution in [1.29, 1.82) is 0 Å². The number of carbonyl (C=O) groups excluding carboxylic acids is 1. The van der Waals surface area contributed by atoms with Crippen LogP contribution in [0.15, 0.2) is 27.7 Å². The molecule has 1 aliphatic rings. The van der Waals surface area contributed by atoms with Crippen LogP contribution in [0.1, 0.15) is 25.3 Å². The van der Waals surface area contributed by atoms with Crippen LogP contribution in [0.4, 0.5) is 9.18 Å². The summed E-state index contributed by atoms with van der Waals surface area (Å²) >= 11 is 3.42. The number of nitrogens with one attached hydrogen (secondary N) is 2. The number of carbonyl (C=O) groups is 1. The van der Waals surface area contributed by atoms with E-state index in [4.69, 9.17) is 4.74 Å². The van der Waals surface area contributed by atoms with Crippen molar-refractivity contribution in [2.75, 3.05) is 26.7 Å². The minimum Gasteiger partial charge on any atom is -0.450 e. The van der Waals surface area contributed by atoms with Crippen LogP contribution in [0.2, 0.25) is 0 Å². The standard InChI is InChI=1S/C17H24BrFN4O2.HI/c1-3-25-17(24)23-8-6-14(7-9-23)22-16(20-2)21-11-12-10-13(19)4-5-15(12)18;/h4-5,10,14H,3,6-9,11H2,1-2H3,(H2,20,21,22);1H. The van der Waals surface area contributed by atoms with E-state index in [0.29, 0.717) is 32.2 Å². The van der Waals surface area contributed by atoms with Gasteiger partial charge in [0.05, 0.1) is 6.61 Å². The van der Waals surface area contributed by atoms with E-state index < -0.39 is 0 Å². The summed E-state index contributed by atoms with van der Waals surface area (Å²) in [7, 11) is 1.70. The first-order valence-electron chi connectivity index (χ1n) is 8.36. The molecule has 0 atom stereocenters. The van der Waals surface area contributed by atoms with Gasteiger partial charge in [-0.1, -0.05) is 15.9 Å². The molecule has 1 aliphatic heterocycles. The highest BCUT2D eigenvalue weighted by atomic mass is 127. The Morgan fingerprint density at radius 2 is 2.12 bits per heavy atom. The van der Waals surface area contributed by atoms with Gasteiger partial charge in [-0.2, -0.15) is 0 Å². The molecular weight excluding hydrogens is 518 g/mol. The van der Waals surface area contributed by atoms with Crippen LogP contribution in [0, 0.1) is 5.82 Å². The van der Waals surface area contributed by atoms with Gasteiger partial charge >= 0.3 is 6.09 Å². The first kappa shape index (κ1) is 22.9. The van der Waals surface area contributed by atoms with E-state index in [-0.39, 0.29) is 41.9 Å². The molecule has 26 heavy (non-hydrogen) atoms. The number of piperidine rings is 1. The number of nitrogens with zero attached hydrogens (tertiary/aromatic N) is 2. The van der Waals surface area contributed by atoms with Crippen molar-refractivity contribution >= 4 is 52.0 Å². The summed E-state index contributed by atoms with van der Waals surface area (Å²) in [5.41, 5.74) is 0.820. The Morgan fingerprint density at radius 3 is 2.73 bits per heavy atom. The number of rotatable bonds is 4. The average Bonchev–Trinajstić information content (AvgIpc) is 2.62. The summed E-state index contributed by atoms with van der Waals surface area (Å²) in [6.45, 7) is 3.97. The number of amides is 1. The summed E-state index contributed by atoms with van der Waals surface area (Å²) in [6.07, 6.45) is 1.39. The molecule has 1 saturated heterocycles. The second kappa shape index (κ2) is 11.6. The van der Waals surface area contributed by atoms with Crippen molar-refractivity contribution in [2.24, 2.45) is 4.99 Å². The van der Waals surface area contributed by atoms with Gasteiger partial charge in [0.15, 0.2) is 5.96 Å². The molecule has 1 fully saturated rings. The number of aliphatic imine (C=N–C) groups is 1. The lowest BCUT2D eigenvalue weighted by atomic mass is 10.1. The molecule has 0 saturated carbocycles. The highest BCUT2D eigenvalue weighted by Gasteiger charge is 2.24. The molecule has 1 heterocycles. The second-order valence-corrected chi connectivity index (χ2v) is 6.62. The van der Waals surface area contributed by atoms with Crippen LogP contribution in [-0.4, -0.2) is 49.7 Å². The van der Waals surface area contributed by atoms with E-state index in [1.807, 2.05) is 0 Å². The predicted octanol–water partition coefficient (Wildman–Crippen LogP) is 3.49. The molecule has 2 N–H and O–H groups in total. The first-order valence-corrected chi connectivity index (χ1v) is 9.15. The fourth-order valence-corrected chi connectivity index (χ4v) is 3.05. The Labute approximate surface area is 179 Å². The van der Waals surface area contributed by atoms with Crippen molar-refractivity contribution < 1.29 is 13.9 Å². The number of halogens is 3. The number of ether oxygens (including phenoxy) is 1. The number of hydrogen-bond acceptors (Lipinski definition) is 3. The van der Waals surface area contributed by atoms with Gasteiger partial charge < -0.3 is 20.3 Å². The molecule has 0 unspecified atom stereocenters. The normalized spacial score (nSPS) is 15.2. The molecule has 0 radical (unpaired) electrons. The zero-order chi connectivity index (χ0) is 18.2. The van der Waals surface area contributed by atoms with Gasteiger partial charge in [0, 0.05) is 37.2 Å². The highest BCUT2D eigenvalue weighted by molar-refractivity contribution is 14.0. The van der Waals surface area contributed by atoms with Crippen molar-refractivity contribution in [3.05, 3.63) is 34.1 Å². The highest BCUT2D eigenvalue weighted by Crippen LogP contribution is 2.17. The van der Waals surface area contributed by atoms with Crippen molar-refractivity contribution in [2.45, 2.75) is 32.4 Å². The van der Waals surface area contributed by atoms with Gasteiger partial charge in [-0.3, -0.25) is 4.99 Å². The molecular formula is C17H25BrFIN4O2. The summed E-state index contributed by atoms with van der Waals surface area (Å²) in [6, 6.07) is 4.82. The van der Waals surface area contributed by atoms with Crippen LogP contribution in [0.3, 0.4) is 0 Å². The molecule has 1 aromatic rings. The van der Waals surface area contributed by atoms with Crippen molar-refractivity contribution in [3.63, 3.8) is 0 Å². The third-order valence-electron chi connectivity index (χ3n) is 4.04. The minimum atomic E-state index is -0.269. The Kier molecular flexibility index (Phi) is 10.2. The molecule has 146 valence electrons. The summed E-state index contributed by atoms with van der Waals surface area (Å²) < 4.78 is 19.2. The number of benzene rings is 1. The third-order valence-corrected chi connectivity index (χ3v) is 4.81. The Balaban J connectivity index is 0.00000338. The quantitative estimate of drug-likeness (QED) is 0.347. The Bertz CT molecular complexity index is 625. The van der Waals surface area contributed by atoms with E-state index in [1.54, 1.807) is 24.9 Å². The van der Waals surface area contributed by atoms with E-state index >= 15 is 0 Å². The van der Waals surface area contributed by atoms with E-state index in [0.717, 1.165) is 22.9 Å².